The van der Waals surface area contributed by atoms with Crippen molar-refractivity contribution in [2.45, 2.75) is 32.8 Å². The van der Waals surface area contributed by atoms with E-state index in [1.54, 1.807) is 17.0 Å². The number of aromatic hydroxyl groups is 1. The number of nitrogens with one attached hydrogen (secondary N) is 1. The van der Waals surface area contributed by atoms with Crippen LogP contribution < -0.4 is 10.2 Å². The molecule has 0 aromatic heterocycles. The number of benzene rings is 1. The molecule has 1 aliphatic rings. The van der Waals surface area contributed by atoms with Crippen molar-refractivity contribution in [3.63, 3.8) is 0 Å². The fourth-order valence-corrected chi connectivity index (χ4v) is 2.60. The second-order valence-electron chi connectivity index (χ2n) is 5.37. The van der Waals surface area contributed by atoms with Crippen LogP contribution in [0.15, 0.2) is 18.2 Å². The van der Waals surface area contributed by atoms with Crippen molar-refractivity contribution in [3.8, 4) is 5.75 Å². The summed E-state index contributed by atoms with van der Waals surface area (Å²) in [7, 11) is 0. The number of phenols is 1. The second kappa shape index (κ2) is 7.43. The Balaban J connectivity index is 1.99. The van der Waals surface area contributed by atoms with Gasteiger partial charge in [0.15, 0.2) is 0 Å². The number of likely N-dealkylation sites (N-methyl/N-ethyl adjacent to an activating group) is 1. The maximum atomic E-state index is 12.4. The number of hydrogen-bond donors (Lipinski definition) is 2. The summed E-state index contributed by atoms with van der Waals surface area (Å²) in [6, 6.07) is 5.07. The summed E-state index contributed by atoms with van der Waals surface area (Å²) >= 11 is 0. The van der Waals surface area contributed by atoms with Gasteiger partial charge < -0.3 is 20.1 Å². The summed E-state index contributed by atoms with van der Waals surface area (Å²) in [5.41, 5.74) is 1.71. The van der Waals surface area contributed by atoms with Crippen molar-refractivity contribution in [2.75, 3.05) is 31.1 Å². The maximum absolute atomic E-state index is 12.4. The quantitative estimate of drug-likeness (QED) is 0.869. The molecule has 1 heterocycles. The van der Waals surface area contributed by atoms with Gasteiger partial charge >= 0.3 is 0 Å². The minimum absolute atomic E-state index is 0.0651. The molecule has 0 spiro atoms. The largest absolute Gasteiger partial charge is 0.508 e. The Hall–Kier alpha value is -1.59. The van der Waals surface area contributed by atoms with Gasteiger partial charge in [-0.15, -0.1) is 0 Å². The summed E-state index contributed by atoms with van der Waals surface area (Å²) in [5, 5.41) is 12.9. The maximum Gasteiger partial charge on any atom is 0.252 e. The van der Waals surface area contributed by atoms with Crippen molar-refractivity contribution in [1.82, 2.24) is 5.32 Å². The number of carbonyl (C=O) groups excluding carboxylic acids is 1. The topological polar surface area (TPSA) is 61.8 Å². The van der Waals surface area contributed by atoms with E-state index in [1.165, 1.54) is 0 Å². The summed E-state index contributed by atoms with van der Waals surface area (Å²) in [6.45, 7) is 6.39. The Morgan fingerprint density at radius 3 is 2.81 bits per heavy atom. The van der Waals surface area contributed by atoms with Crippen LogP contribution in [0.4, 0.5) is 5.69 Å². The highest BCUT2D eigenvalue weighted by Crippen LogP contribution is 2.25. The molecule has 21 heavy (non-hydrogen) atoms. The summed E-state index contributed by atoms with van der Waals surface area (Å²) in [6.07, 6.45) is 2.06. The SMILES string of the molecule is CCN(C(=O)COC1CCNCC1)c1cc(O)ccc1C. The summed E-state index contributed by atoms with van der Waals surface area (Å²) in [5.74, 6) is 0.103. The first kappa shape index (κ1) is 15.8. The Labute approximate surface area is 125 Å². The highest BCUT2D eigenvalue weighted by atomic mass is 16.5. The number of aryl methyl sites for hydroxylation is 1. The van der Waals surface area contributed by atoms with Crippen LogP contribution >= 0.6 is 0 Å². The van der Waals surface area contributed by atoms with Gasteiger partial charge in [0.25, 0.3) is 5.91 Å². The molecular weight excluding hydrogens is 268 g/mol. The van der Waals surface area contributed by atoms with Crippen molar-refractivity contribution in [2.24, 2.45) is 0 Å². The van der Waals surface area contributed by atoms with Gasteiger partial charge in [-0.1, -0.05) is 6.07 Å². The average molecular weight is 292 g/mol. The van der Waals surface area contributed by atoms with Gasteiger partial charge in [0, 0.05) is 12.6 Å². The van der Waals surface area contributed by atoms with Gasteiger partial charge in [-0.05, 0) is 51.4 Å². The number of ether oxygens (including phenoxy) is 1. The Kier molecular flexibility index (Phi) is 5.59. The number of piperidine rings is 1. The predicted molar refractivity (Wildman–Crippen MR) is 82.7 cm³/mol. The number of anilines is 1. The molecule has 1 aromatic carbocycles. The molecule has 1 fully saturated rings. The first-order valence-corrected chi connectivity index (χ1v) is 7.54. The lowest BCUT2D eigenvalue weighted by Crippen LogP contribution is -2.38. The second-order valence-corrected chi connectivity index (χ2v) is 5.37. The first-order chi connectivity index (χ1) is 10.1. The molecule has 2 N–H and O–H groups in total. The molecular formula is C16H24N2O3. The molecule has 1 aromatic rings. The molecule has 0 bridgehead atoms. The van der Waals surface area contributed by atoms with Crippen LogP contribution in [0.1, 0.15) is 25.3 Å². The monoisotopic (exact) mass is 292 g/mol. The van der Waals surface area contributed by atoms with E-state index in [-0.39, 0.29) is 24.4 Å². The molecule has 0 radical (unpaired) electrons. The standard InChI is InChI=1S/C16H24N2O3/c1-3-18(15-10-13(19)5-4-12(15)2)16(20)11-21-14-6-8-17-9-7-14/h4-5,10,14,17,19H,3,6-9,11H2,1-2H3. The van der Waals surface area contributed by atoms with Crippen LogP contribution in [0, 0.1) is 6.92 Å². The molecule has 1 aliphatic heterocycles. The highest BCUT2D eigenvalue weighted by Gasteiger charge is 2.19. The van der Waals surface area contributed by atoms with Gasteiger partial charge in [0.1, 0.15) is 12.4 Å². The molecule has 5 heteroatoms. The third-order valence-corrected chi connectivity index (χ3v) is 3.83. The number of rotatable bonds is 5. The van der Waals surface area contributed by atoms with Gasteiger partial charge in [0.2, 0.25) is 0 Å². The Morgan fingerprint density at radius 1 is 1.43 bits per heavy atom. The molecule has 0 atom stereocenters. The van der Waals surface area contributed by atoms with Crippen LogP contribution in [0.3, 0.4) is 0 Å². The Morgan fingerprint density at radius 2 is 2.14 bits per heavy atom. The molecule has 2 rings (SSSR count). The van der Waals surface area contributed by atoms with Crippen molar-refractivity contribution >= 4 is 11.6 Å². The van der Waals surface area contributed by atoms with E-state index in [4.69, 9.17) is 4.74 Å². The third-order valence-electron chi connectivity index (χ3n) is 3.83. The molecule has 5 nitrogen and oxygen atoms in total. The first-order valence-electron chi connectivity index (χ1n) is 7.54. The lowest BCUT2D eigenvalue weighted by Gasteiger charge is -2.26. The van der Waals surface area contributed by atoms with E-state index in [2.05, 4.69) is 5.32 Å². The van der Waals surface area contributed by atoms with Crippen molar-refractivity contribution in [1.29, 1.82) is 0 Å². The third kappa shape index (κ3) is 4.19. The molecule has 116 valence electrons. The number of amides is 1. The summed E-state index contributed by atoms with van der Waals surface area (Å²) < 4.78 is 5.73. The van der Waals surface area contributed by atoms with E-state index < -0.39 is 0 Å². The lowest BCUT2D eigenvalue weighted by atomic mass is 10.1. The molecule has 0 aliphatic carbocycles. The minimum Gasteiger partial charge on any atom is -0.508 e. The smallest absolute Gasteiger partial charge is 0.252 e. The van der Waals surface area contributed by atoms with Crippen LogP contribution in [-0.2, 0) is 9.53 Å². The normalized spacial score (nSPS) is 15.9. The number of carbonyl (C=O) groups is 1. The zero-order valence-electron chi connectivity index (χ0n) is 12.8. The number of hydrogen-bond acceptors (Lipinski definition) is 4. The van der Waals surface area contributed by atoms with E-state index in [0.717, 1.165) is 37.2 Å². The lowest BCUT2D eigenvalue weighted by molar-refractivity contribution is -0.125. The zero-order chi connectivity index (χ0) is 15.2. The number of phenolic OH excluding ortho intramolecular Hbond substituents is 1. The van der Waals surface area contributed by atoms with Gasteiger partial charge in [-0.25, -0.2) is 0 Å². The fourth-order valence-electron chi connectivity index (χ4n) is 2.60. The van der Waals surface area contributed by atoms with Crippen molar-refractivity contribution in [3.05, 3.63) is 23.8 Å². The van der Waals surface area contributed by atoms with Crippen LogP contribution in [0.2, 0.25) is 0 Å². The fraction of sp³-hybridized carbons (Fsp3) is 0.562. The van der Waals surface area contributed by atoms with E-state index in [1.807, 2.05) is 19.9 Å². The van der Waals surface area contributed by atoms with E-state index >= 15 is 0 Å². The van der Waals surface area contributed by atoms with Gasteiger partial charge in [-0.3, -0.25) is 4.79 Å². The summed E-state index contributed by atoms with van der Waals surface area (Å²) in [4.78, 5) is 14.0. The van der Waals surface area contributed by atoms with Crippen LogP contribution in [0.25, 0.3) is 0 Å². The predicted octanol–water partition coefficient (Wildman–Crippen LogP) is 1.82. The minimum atomic E-state index is -0.0651. The van der Waals surface area contributed by atoms with Crippen LogP contribution in [0.5, 0.6) is 5.75 Å². The van der Waals surface area contributed by atoms with Crippen LogP contribution in [-0.4, -0.2) is 43.4 Å². The molecule has 1 amide bonds. The van der Waals surface area contributed by atoms with Gasteiger partial charge in [0.05, 0.1) is 11.8 Å². The molecule has 1 saturated heterocycles. The Bertz CT molecular complexity index is 484. The number of nitrogens with zero attached hydrogens (tertiary/aromatic N) is 1. The highest BCUT2D eigenvalue weighted by molar-refractivity contribution is 5.95. The van der Waals surface area contributed by atoms with E-state index in [0.29, 0.717) is 6.54 Å². The van der Waals surface area contributed by atoms with Crippen molar-refractivity contribution < 1.29 is 14.6 Å². The molecule has 0 unspecified atom stereocenters. The zero-order valence-corrected chi connectivity index (χ0v) is 12.8. The average Bonchev–Trinajstić information content (AvgIpc) is 2.50. The van der Waals surface area contributed by atoms with E-state index in [9.17, 15) is 9.90 Å². The molecule has 0 saturated carbocycles. The van der Waals surface area contributed by atoms with Gasteiger partial charge in [-0.2, -0.15) is 0 Å².